The Hall–Kier alpha value is -1.42. The maximum atomic E-state index is 12.6. The highest BCUT2D eigenvalue weighted by molar-refractivity contribution is 9.10. The van der Waals surface area contributed by atoms with Gasteiger partial charge >= 0.3 is 0 Å². The van der Waals surface area contributed by atoms with E-state index in [0.29, 0.717) is 5.69 Å². The fraction of sp³-hybridized carbons (Fsp3) is 0.333. The van der Waals surface area contributed by atoms with E-state index in [1.807, 2.05) is 26.0 Å². The number of ketones is 1. The molecular weight excluding hydrogens is 304 g/mol. The molecule has 0 bridgehead atoms. The van der Waals surface area contributed by atoms with Crippen molar-refractivity contribution in [3.63, 3.8) is 0 Å². The van der Waals surface area contributed by atoms with Crippen molar-refractivity contribution in [2.24, 2.45) is 0 Å². The van der Waals surface area contributed by atoms with Crippen LogP contribution in [0.15, 0.2) is 28.9 Å². The minimum absolute atomic E-state index is 0.0182. The van der Waals surface area contributed by atoms with Crippen LogP contribution in [-0.4, -0.2) is 15.6 Å². The molecule has 100 valence electrons. The molecule has 1 heterocycles. The topological polar surface area (TPSA) is 34.9 Å². The maximum absolute atomic E-state index is 12.6. The summed E-state index contributed by atoms with van der Waals surface area (Å²) >= 11 is 3.42. The first-order valence-electron chi connectivity index (χ1n) is 6.37. The van der Waals surface area contributed by atoms with Crippen LogP contribution in [0.3, 0.4) is 0 Å². The predicted octanol–water partition coefficient (Wildman–Crippen LogP) is 3.90. The van der Waals surface area contributed by atoms with E-state index >= 15 is 0 Å². The molecule has 2 rings (SSSR count). The number of halogens is 1. The second kappa shape index (κ2) is 5.70. The summed E-state index contributed by atoms with van der Waals surface area (Å²) in [6.07, 6.45) is 2.63. The van der Waals surface area contributed by atoms with E-state index in [1.54, 1.807) is 10.9 Å². The number of carbonyl (C=O) groups excluding carboxylic acids is 1. The lowest BCUT2D eigenvalue weighted by atomic mass is 10.0. The van der Waals surface area contributed by atoms with Crippen molar-refractivity contribution in [2.75, 3.05) is 0 Å². The molecule has 0 fully saturated rings. The second-order valence-corrected chi connectivity index (χ2v) is 5.62. The largest absolute Gasteiger partial charge is 0.287 e. The highest BCUT2D eigenvalue weighted by atomic mass is 79.9. The predicted molar refractivity (Wildman–Crippen MR) is 79.6 cm³/mol. The third-order valence-corrected chi connectivity index (χ3v) is 3.51. The van der Waals surface area contributed by atoms with Crippen LogP contribution in [-0.2, 0) is 6.54 Å². The number of aryl methyl sites for hydroxylation is 3. The van der Waals surface area contributed by atoms with Crippen molar-refractivity contribution in [2.45, 2.75) is 33.7 Å². The van der Waals surface area contributed by atoms with Gasteiger partial charge in [0.2, 0.25) is 5.78 Å². The SMILES string of the molecule is CCCn1ncc(Br)c1C(=O)c1cc(C)cc(C)c1. The van der Waals surface area contributed by atoms with E-state index < -0.39 is 0 Å². The molecule has 0 atom stereocenters. The normalized spacial score (nSPS) is 10.7. The number of carbonyl (C=O) groups is 1. The van der Waals surface area contributed by atoms with Crippen LogP contribution in [0, 0.1) is 13.8 Å². The third-order valence-electron chi connectivity index (χ3n) is 2.93. The Morgan fingerprint density at radius 1 is 1.26 bits per heavy atom. The van der Waals surface area contributed by atoms with Crippen LogP contribution in [0.2, 0.25) is 0 Å². The summed E-state index contributed by atoms with van der Waals surface area (Å²) in [6, 6.07) is 5.91. The van der Waals surface area contributed by atoms with Gasteiger partial charge in [-0.2, -0.15) is 5.10 Å². The van der Waals surface area contributed by atoms with Crippen molar-refractivity contribution in [3.05, 3.63) is 51.3 Å². The minimum atomic E-state index is 0.0182. The molecular formula is C15H17BrN2O. The van der Waals surface area contributed by atoms with Gasteiger partial charge in [-0.25, -0.2) is 0 Å². The molecule has 0 aliphatic rings. The average Bonchev–Trinajstić information content (AvgIpc) is 2.69. The van der Waals surface area contributed by atoms with Gasteiger partial charge in [0.05, 0.1) is 10.7 Å². The summed E-state index contributed by atoms with van der Waals surface area (Å²) in [7, 11) is 0. The van der Waals surface area contributed by atoms with Crippen molar-refractivity contribution < 1.29 is 4.79 Å². The molecule has 0 N–H and O–H groups in total. The monoisotopic (exact) mass is 320 g/mol. The minimum Gasteiger partial charge on any atom is -0.287 e. The van der Waals surface area contributed by atoms with E-state index in [4.69, 9.17) is 0 Å². The van der Waals surface area contributed by atoms with Crippen LogP contribution in [0.25, 0.3) is 0 Å². The lowest BCUT2D eigenvalue weighted by molar-refractivity contribution is 0.102. The maximum Gasteiger partial charge on any atom is 0.212 e. The van der Waals surface area contributed by atoms with Crippen molar-refractivity contribution >= 4 is 21.7 Å². The molecule has 0 unspecified atom stereocenters. The summed E-state index contributed by atoms with van der Waals surface area (Å²) in [5, 5.41) is 4.25. The smallest absolute Gasteiger partial charge is 0.212 e. The Bertz CT molecular complexity index is 596. The highest BCUT2D eigenvalue weighted by Gasteiger charge is 2.18. The summed E-state index contributed by atoms with van der Waals surface area (Å²) in [4.78, 5) is 12.6. The van der Waals surface area contributed by atoms with Gasteiger partial charge in [0.1, 0.15) is 5.69 Å². The molecule has 0 spiro atoms. The molecule has 3 nitrogen and oxygen atoms in total. The van der Waals surface area contributed by atoms with Crippen LogP contribution in [0.5, 0.6) is 0 Å². The second-order valence-electron chi connectivity index (χ2n) is 4.77. The van der Waals surface area contributed by atoms with Crippen molar-refractivity contribution in [1.29, 1.82) is 0 Å². The number of aromatic nitrogens is 2. The fourth-order valence-corrected chi connectivity index (χ4v) is 2.69. The number of nitrogens with zero attached hydrogens (tertiary/aromatic N) is 2. The Morgan fingerprint density at radius 3 is 2.47 bits per heavy atom. The summed E-state index contributed by atoms with van der Waals surface area (Å²) in [5.41, 5.74) is 3.55. The van der Waals surface area contributed by atoms with E-state index in [2.05, 4.69) is 34.0 Å². The van der Waals surface area contributed by atoms with E-state index in [-0.39, 0.29) is 5.78 Å². The average molecular weight is 321 g/mol. The quantitative estimate of drug-likeness (QED) is 0.801. The molecule has 1 aromatic carbocycles. The molecule has 0 aliphatic heterocycles. The number of benzene rings is 1. The molecule has 4 heteroatoms. The Balaban J connectivity index is 2.46. The molecule has 1 aromatic heterocycles. The first-order chi connectivity index (χ1) is 9.02. The highest BCUT2D eigenvalue weighted by Crippen LogP contribution is 2.21. The van der Waals surface area contributed by atoms with Gasteiger partial charge in [0.25, 0.3) is 0 Å². The van der Waals surface area contributed by atoms with Crippen molar-refractivity contribution in [3.8, 4) is 0 Å². The number of hydrogen-bond acceptors (Lipinski definition) is 2. The van der Waals surface area contributed by atoms with Gasteiger partial charge in [-0.3, -0.25) is 9.48 Å². The zero-order chi connectivity index (χ0) is 14.0. The molecule has 0 radical (unpaired) electrons. The summed E-state index contributed by atoms with van der Waals surface area (Å²) < 4.78 is 2.52. The Kier molecular flexibility index (Phi) is 4.20. The fourth-order valence-electron chi connectivity index (χ4n) is 2.21. The first kappa shape index (κ1) is 14.0. The van der Waals surface area contributed by atoms with Crippen LogP contribution < -0.4 is 0 Å². The summed E-state index contributed by atoms with van der Waals surface area (Å²) in [6.45, 7) is 6.82. The standard InChI is InChI=1S/C15H17BrN2O/c1-4-5-18-14(13(16)9-17-18)15(19)12-7-10(2)6-11(3)8-12/h6-9H,4-5H2,1-3H3. The van der Waals surface area contributed by atoms with Gasteiger partial charge in [-0.15, -0.1) is 0 Å². The Morgan fingerprint density at radius 2 is 1.89 bits per heavy atom. The first-order valence-corrected chi connectivity index (χ1v) is 7.16. The van der Waals surface area contributed by atoms with Gasteiger partial charge in [0.15, 0.2) is 0 Å². The van der Waals surface area contributed by atoms with E-state index in [0.717, 1.165) is 34.1 Å². The number of rotatable bonds is 4. The third kappa shape index (κ3) is 2.95. The lowest BCUT2D eigenvalue weighted by Crippen LogP contribution is -2.12. The van der Waals surface area contributed by atoms with Gasteiger partial charge < -0.3 is 0 Å². The van der Waals surface area contributed by atoms with E-state index in [9.17, 15) is 4.79 Å². The lowest BCUT2D eigenvalue weighted by Gasteiger charge is -2.08. The van der Waals surface area contributed by atoms with Gasteiger partial charge in [0, 0.05) is 12.1 Å². The summed E-state index contributed by atoms with van der Waals surface area (Å²) in [5.74, 6) is 0.0182. The molecule has 0 aliphatic carbocycles. The van der Waals surface area contributed by atoms with Crippen LogP contribution >= 0.6 is 15.9 Å². The van der Waals surface area contributed by atoms with Crippen molar-refractivity contribution in [1.82, 2.24) is 9.78 Å². The molecule has 2 aromatic rings. The molecule has 19 heavy (non-hydrogen) atoms. The van der Waals surface area contributed by atoms with Gasteiger partial charge in [-0.1, -0.05) is 24.1 Å². The van der Waals surface area contributed by atoms with E-state index in [1.165, 1.54) is 0 Å². The Labute approximate surface area is 121 Å². The van der Waals surface area contributed by atoms with Crippen LogP contribution in [0.1, 0.15) is 40.5 Å². The van der Waals surface area contributed by atoms with Crippen LogP contribution in [0.4, 0.5) is 0 Å². The molecule has 0 saturated heterocycles. The molecule has 0 saturated carbocycles. The van der Waals surface area contributed by atoms with Gasteiger partial charge in [-0.05, 0) is 48.3 Å². The number of hydrogen-bond donors (Lipinski definition) is 0. The zero-order valence-electron chi connectivity index (χ0n) is 11.4. The zero-order valence-corrected chi connectivity index (χ0v) is 13.0. The molecule has 0 amide bonds.